The highest BCUT2D eigenvalue weighted by atomic mass is 19.1. The standard InChI is InChI=1S/C20H18FN3O/c1-3-11-22-20(25)15-12-23-19-14(8-6-9-16(19)21)18(15)24-17-10-5-4-7-13(17)2/h3-10,12H,1,11H2,2H3,(H,22,25)(H,23,24). The highest BCUT2D eigenvalue weighted by molar-refractivity contribution is 6.08. The van der Waals surface area contributed by atoms with Gasteiger partial charge in [0.2, 0.25) is 0 Å². The third kappa shape index (κ3) is 3.35. The van der Waals surface area contributed by atoms with Crippen molar-refractivity contribution >= 4 is 28.2 Å². The van der Waals surface area contributed by atoms with Gasteiger partial charge in [0.25, 0.3) is 5.91 Å². The average Bonchev–Trinajstić information content (AvgIpc) is 2.62. The van der Waals surface area contributed by atoms with Gasteiger partial charge in [-0.1, -0.05) is 36.4 Å². The van der Waals surface area contributed by atoms with Crippen molar-refractivity contribution in [1.29, 1.82) is 0 Å². The van der Waals surface area contributed by atoms with E-state index in [1.165, 1.54) is 12.3 Å². The number of pyridine rings is 1. The lowest BCUT2D eigenvalue weighted by atomic mass is 10.1. The van der Waals surface area contributed by atoms with E-state index in [-0.39, 0.29) is 11.4 Å². The number of aryl methyl sites for hydroxylation is 1. The van der Waals surface area contributed by atoms with Crippen molar-refractivity contribution < 1.29 is 9.18 Å². The van der Waals surface area contributed by atoms with E-state index < -0.39 is 5.82 Å². The minimum absolute atomic E-state index is 0.221. The van der Waals surface area contributed by atoms with E-state index >= 15 is 0 Å². The largest absolute Gasteiger partial charge is 0.354 e. The lowest BCUT2D eigenvalue weighted by Crippen LogP contribution is -2.24. The number of nitrogens with zero attached hydrogens (tertiary/aromatic N) is 1. The number of nitrogens with one attached hydrogen (secondary N) is 2. The van der Waals surface area contributed by atoms with Crippen LogP contribution in [0.5, 0.6) is 0 Å². The van der Waals surface area contributed by atoms with Gasteiger partial charge in [0.15, 0.2) is 0 Å². The summed E-state index contributed by atoms with van der Waals surface area (Å²) in [7, 11) is 0. The van der Waals surface area contributed by atoms with Gasteiger partial charge in [-0.25, -0.2) is 4.39 Å². The minimum Gasteiger partial charge on any atom is -0.354 e. The minimum atomic E-state index is -0.427. The van der Waals surface area contributed by atoms with Crippen LogP contribution in [-0.2, 0) is 0 Å². The van der Waals surface area contributed by atoms with Gasteiger partial charge in [0.1, 0.15) is 11.3 Å². The van der Waals surface area contributed by atoms with E-state index in [2.05, 4.69) is 22.2 Å². The predicted molar refractivity (Wildman–Crippen MR) is 98.7 cm³/mol. The maximum absolute atomic E-state index is 14.1. The molecule has 0 atom stereocenters. The van der Waals surface area contributed by atoms with Crippen molar-refractivity contribution in [3.63, 3.8) is 0 Å². The maximum Gasteiger partial charge on any atom is 0.255 e. The van der Waals surface area contributed by atoms with Crippen LogP contribution in [0.1, 0.15) is 15.9 Å². The lowest BCUT2D eigenvalue weighted by molar-refractivity contribution is 0.0958. The SMILES string of the molecule is C=CCNC(=O)c1cnc2c(F)cccc2c1Nc1ccccc1C. The van der Waals surface area contributed by atoms with Crippen LogP contribution in [0.15, 0.2) is 61.3 Å². The smallest absolute Gasteiger partial charge is 0.255 e. The first-order valence-electron chi connectivity index (χ1n) is 7.91. The molecule has 0 unspecified atom stereocenters. The van der Waals surface area contributed by atoms with Gasteiger partial charge in [-0.15, -0.1) is 6.58 Å². The van der Waals surface area contributed by atoms with Crippen LogP contribution in [0, 0.1) is 12.7 Å². The molecule has 1 amide bonds. The van der Waals surface area contributed by atoms with E-state index in [9.17, 15) is 9.18 Å². The molecule has 3 aromatic rings. The Morgan fingerprint density at radius 2 is 2.04 bits per heavy atom. The van der Waals surface area contributed by atoms with Crippen LogP contribution in [0.2, 0.25) is 0 Å². The summed E-state index contributed by atoms with van der Waals surface area (Å²) in [5.41, 5.74) is 2.96. The highest BCUT2D eigenvalue weighted by Gasteiger charge is 2.17. The topological polar surface area (TPSA) is 54.0 Å². The van der Waals surface area contributed by atoms with Crippen molar-refractivity contribution in [2.75, 3.05) is 11.9 Å². The number of hydrogen-bond donors (Lipinski definition) is 2. The molecule has 2 N–H and O–H groups in total. The molecule has 0 saturated carbocycles. The number of carbonyl (C=O) groups is 1. The zero-order valence-electron chi connectivity index (χ0n) is 13.8. The fourth-order valence-corrected chi connectivity index (χ4v) is 2.60. The Hall–Kier alpha value is -3.21. The first kappa shape index (κ1) is 16.6. The number of amides is 1. The molecule has 0 aliphatic heterocycles. The van der Waals surface area contributed by atoms with E-state index in [1.54, 1.807) is 18.2 Å². The second kappa shape index (κ2) is 7.13. The molecule has 0 aliphatic rings. The van der Waals surface area contributed by atoms with Crippen molar-refractivity contribution in [3.8, 4) is 0 Å². The van der Waals surface area contributed by atoms with Gasteiger partial charge in [-0.05, 0) is 24.6 Å². The number of carbonyl (C=O) groups excluding carboxylic acids is 1. The third-order valence-electron chi connectivity index (χ3n) is 3.90. The number of aromatic nitrogens is 1. The third-order valence-corrected chi connectivity index (χ3v) is 3.90. The van der Waals surface area contributed by atoms with E-state index in [1.807, 2.05) is 31.2 Å². The molecule has 1 heterocycles. The van der Waals surface area contributed by atoms with Crippen LogP contribution in [0.3, 0.4) is 0 Å². The molecule has 0 bridgehead atoms. The summed E-state index contributed by atoms with van der Waals surface area (Å²) in [4.78, 5) is 16.6. The van der Waals surface area contributed by atoms with E-state index in [0.717, 1.165) is 11.3 Å². The summed E-state index contributed by atoms with van der Waals surface area (Å²) in [5, 5.41) is 6.56. The molecule has 5 heteroatoms. The predicted octanol–water partition coefficient (Wildman–Crippen LogP) is 4.34. The van der Waals surface area contributed by atoms with Gasteiger partial charge in [0, 0.05) is 23.8 Å². The molecule has 0 fully saturated rings. The van der Waals surface area contributed by atoms with Crippen molar-refractivity contribution in [1.82, 2.24) is 10.3 Å². The monoisotopic (exact) mass is 335 g/mol. The van der Waals surface area contributed by atoms with Crippen molar-refractivity contribution in [3.05, 3.63) is 78.3 Å². The molecule has 0 spiro atoms. The zero-order valence-corrected chi connectivity index (χ0v) is 13.8. The Morgan fingerprint density at radius 3 is 2.80 bits per heavy atom. The summed E-state index contributed by atoms with van der Waals surface area (Å²) in [5.74, 6) is -0.724. The highest BCUT2D eigenvalue weighted by Crippen LogP contribution is 2.31. The van der Waals surface area contributed by atoms with Crippen LogP contribution in [0.4, 0.5) is 15.8 Å². The zero-order chi connectivity index (χ0) is 17.8. The molecule has 0 aliphatic carbocycles. The molecule has 1 aromatic heterocycles. The average molecular weight is 335 g/mol. The molecule has 3 rings (SSSR count). The number of hydrogen-bond acceptors (Lipinski definition) is 3. The van der Waals surface area contributed by atoms with Crippen LogP contribution in [0.25, 0.3) is 10.9 Å². The molecule has 4 nitrogen and oxygen atoms in total. The van der Waals surface area contributed by atoms with Gasteiger partial charge in [0.05, 0.1) is 11.3 Å². The van der Waals surface area contributed by atoms with Gasteiger partial charge < -0.3 is 10.6 Å². The fraction of sp³-hybridized carbons (Fsp3) is 0.100. The molecular formula is C20H18FN3O. The van der Waals surface area contributed by atoms with E-state index in [4.69, 9.17) is 0 Å². The van der Waals surface area contributed by atoms with Gasteiger partial charge in [-0.3, -0.25) is 9.78 Å². The molecule has 0 saturated heterocycles. The molecular weight excluding hydrogens is 317 g/mol. The summed E-state index contributed by atoms with van der Waals surface area (Å²) in [6.45, 7) is 5.89. The van der Waals surface area contributed by atoms with Gasteiger partial charge in [-0.2, -0.15) is 0 Å². The van der Waals surface area contributed by atoms with Gasteiger partial charge >= 0.3 is 0 Å². The first-order valence-corrected chi connectivity index (χ1v) is 7.91. The second-order valence-corrected chi connectivity index (χ2v) is 5.62. The Bertz CT molecular complexity index is 953. The molecule has 25 heavy (non-hydrogen) atoms. The first-order chi connectivity index (χ1) is 12.1. The van der Waals surface area contributed by atoms with E-state index in [0.29, 0.717) is 23.2 Å². The Balaban J connectivity index is 2.17. The summed E-state index contributed by atoms with van der Waals surface area (Å²) in [6.07, 6.45) is 2.99. The summed E-state index contributed by atoms with van der Waals surface area (Å²) >= 11 is 0. The Labute approximate surface area is 145 Å². The second-order valence-electron chi connectivity index (χ2n) is 5.62. The Kier molecular flexibility index (Phi) is 4.75. The van der Waals surface area contributed by atoms with Crippen molar-refractivity contribution in [2.24, 2.45) is 0 Å². The number of benzene rings is 2. The lowest BCUT2D eigenvalue weighted by Gasteiger charge is -2.16. The van der Waals surface area contributed by atoms with Crippen LogP contribution >= 0.6 is 0 Å². The quantitative estimate of drug-likeness (QED) is 0.682. The maximum atomic E-state index is 14.1. The number of halogens is 1. The summed E-state index contributed by atoms with van der Waals surface area (Å²) in [6, 6.07) is 12.4. The molecule has 126 valence electrons. The molecule has 2 aromatic carbocycles. The number of rotatable bonds is 5. The molecule has 0 radical (unpaired) electrons. The van der Waals surface area contributed by atoms with Crippen molar-refractivity contribution in [2.45, 2.75) is 6.92 Å². The van der Waals surface area contributed by atoms with Crippen LogP contribution < -0.4 is 10.6 Å². The Morgan fingerprint density at radius 1 is 1.24 bits per heavy atom. The number of anilines is 2. The van der Waals surface area contributed by atoms with Crippen LogP contribution in [-0.4, -0.2) is 17.4 Å². The number of fused-ring (bicyclic) bond motifs is 1. The summed E-state index contributed by atoms with van der Waals surface area (Å²) < 4.78 is 14.1. The fourth-order valence-electron chi connectivity index (χ4n) is 2.60. The number of para-hydroxylation sites is 2. The normalized spacial score (nSPS) is 10.5.